The van der Waals surface area contributed by atoms with Crippen LogP contribution in [0.3, 0.4) is 0 Å². The average molecular weight is 163 g/mol. The molecule has 1 rings (SSSR count). The predicted octanol–water partition coefficient (Wildman–Crippen LogP) is 0.971. The summed E-state index contributed by atoms with van der Waals surface area (Å²) in [7, 11) is 0. The van der Waals surface area contributed by atoms with Crippen molar-refractivity contribution >= 4 is 6.41 Å². The molecular weight excluding hydrogens is 152 g/mol. The van der Waals surface area contributed by atoms with Crippen molar-refractivity contribution in [3.8, 4) is 0 Å². The largest absolute Gasteiger partial charge is 0.329 e. The van der Waals surface area contributed by atoms with E-state index >= 15 is 0 Å². The SMILES string of the molecule is CCN([C]=O)Cc1ccccn1. The highest BCUT2D eigenvalue weighted by molar-refractivity contribution is 5.47. The molecule has 3 nitrogen and oxygen atoms in total. The summed E-state index contributed by atoms with van der Waals surface area (Å²) in [5, 5.41) is 0. The number of hydrogen-bond donors (Lipinski definition) is 0. The number of rotatable bonds is 4. The maximum absolute atomic E-state index is 10.3. The van der Waals surface area contributed by atoms with E-state index in [1.54, 1.807) is 11.1 Å². The fourth-order valence-corrected chi connectivity index (χ4v) is 0.896. The molecule has 1 heterocycles. The first-order chi connectivity index (χ1) is 5.86. The second-order valence-corrected chi connectivity index (χ2v) is 2.43. The van der Waals surface area contributed by atoms with Gasteiger partial charge in [0.05, 0.1) is 12.2 Å². The summed E-state index contributed by atoms with van der Waals surface area (Å²) < 4.78 is 0. The highest BCUT2D eigenvalue weighted by atomic mass is 16.1. The molecule has 0 fully saturated rings. The molecule has 0 aliphatic heterocycles. The van der Waals surface area contributed by atoms with Gasteiger partial charge in [-0.05, 0) is 19.1 Å². The second-order valence-electron chi connectivity index (χ2n) is 2.43. The van der Waals surface area contributed by atoms with Gasteiger partial charge in [0.2, 0.25) is 0 Å². The molecular formula is C9H11N2O. The molecule has 0 aliphatic carbocycles. The predicted molar refractivity (Wildman–Crippen MR) is 46.0 cm³/mol. The van der Waals surface area contributed by atoms with Gasteiger partial charge in [-0.15, -0.1) is 0 Å². The summed E-state index contributed by atoms with van der Waals surface area (Å²) in [4.78, 5) is 16.0. The zero-order chi connectivity index (χ0) is 8.81. The molecule has 0 N–H and O–H groups in total. The van der Waals surface area contributed by atoms with Crippen molar-refractivity contribution in [2.75, 3.05) is 6.54 Å². The standard InChI is InChI=1S/C9H11N2O/c1-2-11(8-12)7-9-5-3-4-6-10-9/h3-6H,2,7H2,1H3. The number of nitrogens with zero attached hydrogens (tertiary/aromatic N) is 2. The topological polar surface area (TPSA) is 33.2 Å². The quantitative estimate of drug-likeness (QED) is 0.620. The molecule has 63 valence electrons. The van der Waals surface area contributed by atoms with Crippen molar-refractivity contribution in [2.24, 2.45) is 0 Å². The first kappa shape index (κ1) is 8.71. The smallest absolute Gasteiger partial charge is 0.312 e. The minimum absolute atomic E-state index is 0.542. The minimum Gasteiger partial charge on any atom is -0.329 e. The van der Waals surface area contributed by atoms with Crippen LogP contribution < -0.4 is 0 Å². The third-order valence-corrected chi connectivity index (χ3v) is 1.59. The molecule has 0 aromatic carbocycles. The van der Waals surface area contributed by atoms with Gasteiger partial charge in [-0.2, -0.15) is 0 Å². The maximum Gasteiger partial charge on any atom is 0.312 e. The average Bonchev–Trinajstić information content (AvgIpc) is 2.16. The van der Waals surface area contributed by atoms with Gasteiger partial charge in [0.1, 0.15) is 0 Å². The Hall–Kier alpha value is -1.38. The van der Waals surface area contributed by atoms with Crippen LogP contribution in [0, 0.1) is 0 Å². The van der Waals surface area contributed by atoms with E-state index in [0.29, 0.717) is 13.1 Å². The summed E-state index contributed by atoms with van der Waals surface area (Å²) in [5.74, 6) is 0. The Morgan fingerprint density at radius 1 is 1.58 bits per heavy atom. The van der Waals surface area contributed by atoms with Crippen LogP contribution in [0.5, 0.6) is 0 Å². The molecule has 1 radical (unpaired) electrons. The van der Waals surface area contributed by atoms with Gasteiger partial charge in [0.25, 0.3) is 0 Å². The zero-order valence-corrected chi connectivity index (χ0v) is 7.03. The van der Waals surface area contributed by atoms with Crippen LogP contribution in [0.4, 0.5) is 0 Å². The lowest BCUT2D eigenvalue weighted by Gasteiger charge is -2.11. The Morgan fingerprint density at radius 2 is 2.42 bits per heavy atom. The molecule has 1 aromatic heterocycles. The number of hydrogen-bond acceptors (Lipinski definition) is 2. The van der Waals surface area contributed by atoms with Crippen LogP contribution in [0.2, 0.25) is 0 Å². The van der Waals surface area contributed by atoms with E-state index in [4.69, 9.17) is 0 Å². The molecule has 3 heteroatoms. The van der Waals surface area contributed by atoms with Crippen molar-refractivity contribution in [2.45, 2.75) is 13.5 Å². The summed E-state index contributed by atoms with van der Waals surface area (Å²) in [5.41, 5.74) is 0.891. The summed E-state index contributed by atoms with van der Waals surface area (Å²) in [6.45, 7) is 3.12. The van der Waals surface area contributed by atoms with E-state index in [-0.39, 0.29) is 0 Å². The fourth-order valence-electron chi connectivity index (χ4n) is 0.896. The van der Waals surface area contributed by atoms with Crippen LogP contribution in [0.15, 0.2) is 24.4 Å². The van der Waals surface area contributed by atoms with Crippen molar-refractivity contribution < 1.29 is 4.79 Å². The Bertz CT molecular complexity index is 236. The van der Waals surface area contributed by atoms with Crippen LogP contribution in [-0.4, -0.2) is 22.8 Å². The van der Waals surface area contributed by atoms with Crippen LogP contribution >= 0.6 is 0 Å². The van der Waals surface area contributed by atoms with Gasteiger partial charge in [-0.3, -0.25) is 9.78 Å². The molecule has 12 heavy (non-hydrogen) atoms. The third-order valence-electron chi connectivity index (χ3n) is 1.59. The van der Waals surface area contributed by atoms with E-state index in [9.17, 15) is 4.79 Å². The van der Waals surface area contributed by atoms with Crippen molar-refractivity contribution in [3.05, 3.63) is 30.1 Å². The Labute approximate surface area is 72.0 Å². The highest BCUT2D eigenvalue weighted by Crippen LogP contribution is 1.97. The van der Waals surface area contributed by atoms with E-state index in [1.165, 1.54) is 0 Å². The maximum atomic E-state index is 10.3. The first-order valence-electron chi connectivity index (χ1n) is 3.89. The van der Waals surface area contributed by atoms with Crippen LogP contribution in [-0.2, 0) is 11.3 Å². The molecule has 0 saturated heterocycles. The number of aromatic nitrogens is 1. The lowest BCUT2D eigenvalue weighted by atomic mass is 10.3. The Balaban J connectivity index is 2.56. The molecule has 1 aromatic rings. The first-order valence-corrected chi connectivity index (χ1v) is 3.89. The normalized spacial score (nSPS) is 9.42. The highest BCUT2D eigenvalue weighted by Gasteiger charge is 2.00. The van der Waals surface area contributed by atoms with Crippen molar-refractivity contribution in [3.63, 3.8) is 0 Å². The van der Waals surface area contributed by atoms with Gasteiger partial charge < -0.3 is 4.90 Å². The number of carbonyl (C=O) groups excluding carboxylic acids is 1. The third kappa shape index (κ3) is 2.34. The van der Waals surface area contributed by atoms with E-state index in [0.717, 1.165) is 5.69 Å². The van der Waals surface area contributed by atoms with Crippen molar-refractivity contribution in [1.82, 2.24) is 9.88 Å². The van der Waals surface area contributed by atoms with E-state index in [2.05, 4.69) is 4.98 Å². The van der Waals surface area contributed by atoms with Gasteiger partial charge >= 0.3 is 6.41 Å². The Morgan fingerprint density at radius 3 is 2.92 bits per heavy atom. The lowest BCUT2D eigenvalue weighted by Crippen LogP contribution is -2.20. The summed E-state index contributed by atoms with van der Waals surface area (Å²) in [6, 6.07) is 5.64. The van der Waals surface area contributed by atoms with Crippen molar-refractivity contribution in [1.29, 1.82) is 0 Å². The minimum atomic E-state index is 0.542. The summed E-state index contributed by atoms with van der Waals surface area (Å²) in [6.07, 6.45) is 3.56. The van der Waals surface area contributed by atoms with Gasteiger partial charge in [-0.25, -0.2) is 0 Å². The zero-order valence-electron chi connectivity index (χ0n) is 7.03. The second kappa shape index (κ2) is 4.49. The number of amides is 1. The van der Waals surface area contributed by atoms with Gasteiger partial charge in [0, 0.05) is 12.7 Å². The monoisotopic (exact) mass is 163 g/mol. The number of pyridine rings is 1. The van der Waals surface area contributed by atoms with E-state index < -0.39 is 0 Å². The van der Waals surface area contributed by atoms with Crippen LogP contribution in [0.25, 0.3) is 0 Å². The van der Waals surface area contributed by atoms with Gasteiger partial charge in [0.15, 0.2) is 0 Å². The van der Waals surface area contributed by atoms with Gasteiger partial charge in [-0.1, -0.05) is 6.07 Å². The Kier molecular flexibility index (Phi) is 3.26. The molecule has 0 spiro atoms. The summed E-state index contributed by atoms with van der Waals surface area (Å²) >= 11 is 0. The molecule has 0 saturated carbocycles. The fraction of sp³-hybridized carbons (Fsp3) is 0.333. The molecule has 0 aliphatic rings. The lowest BCUT2D eigenvalue weighted by molar-refractivity contribution is 0.385. The van der Waals surface area contributed by atoms with Crippen LogP contribution in [0.1, 0.15) is 12.6 Å². The molecule has 0 bridgehead atoms. The molecule has 0 atom stereocenters. The van der Waals surface area contributed by atoms with E-state index in [1.807, 2.05) is 31.5 Å². The molecule has 1 amide bonds. The molecule has 0 unspecified atom stereocenters.